The summed E-state index contributed by atoms with van der Waals surface area (Å²) in [5, 5.41) is 9.75. The summed E-state index contributed by atoms with van der Waals surface area (Å²) >= 11 is 3.44. The zero-order valence-electron chi connectivity index (χ0n) is 9.38. The monoisotopic (exact) mass is 260 g/mol. The Hall–Kier alpha value is -1.39. The summed E-state index contributed by atoms with van der Waals surface area (Å²) in [5.74, 6) is 0. The van der Waals surface area contributed by atoms with E-state index in [2.05, 4.69) is 51.6 Å². The Balaban J connectivity index is 1.87. The third-order valence-electron chi connectivity index (χ3n) is 2.73. The molecular weight excluding hydrogens is 248 g/mol. The molecule has 4 heteroatoms. The lowest BCUT2D eigenvalue weighted by atomic mass is 10.1. The average Bonchev–Trinajstić information content (AvgIpc) is 2.97. The van der Waals surface area contributed by atoms with E-state index < -0.39 is 0 Å². The molecule has 0 bridgehead atoms. The van der Waals surface area contributed by atoms with E-state index in [0.717, 1.165) is 5.52 Å². The highest BCUT2D eigenvalue weighted by Gasteiger charge is 2.07. The second-order valence-electron chi connectivity index (χ2n) is 3.95. The molecule has 1 atom stereocenters. The van der Waals surface area contributed by atoms with Crippen molar-refractivity contribution in [2.45, 2.75) is 13.0 Å². The number of anilines is 1. The SMILES string of the molecule is CC(Nc1ccsc1)c1cnc2ccsc2c1. The molecule has 1 N–H and O–H groups in total. The van der Waals surface area contributed by atoms with Crippen molar-refractivity contribution < 1.29 is 0 Å². The first kappa shape index (κ1) is 10.7. The van der Waals surface area contributed by atoms with Gasteiger partial charge in [-0.1, -0.05) is 0 Å². The highest BCUT2D eigenvalue weighted by molar-refractivity contribution is 7.17. The first-order chi connectivity index (χ1) is 8.33. The molecule has 17 heavy (non-hydrogen) atoms. The van der Waals surface area contributed by atoms with Crippen LogP contribution in [0.25, 0.3) is 10.2 Å². The quantitative estimate of drug-likeness (QED) is 0.748. The van der Waals surface area contributed by atoms with Gasteiger partial charge in [-0.05, 0) is 41.4 Å². The molecule has 0 fully saturated rings. The lowest BCUT2D eigenvalue weighted by Gasteiger charge is -2.13. The molecule has 0 aliphatic heterocycles. The van der Waals surface area contributed by atoms with Crippen molar-refractivity contribution in [2.24, 2.45) is 0 Å². The Morgan fingerprint density at radius 3 is 3.06 bits per heavy atom. The van der Waals surface area contributed by atoms with E-state index in [-0.39, 0.29) is 6.04 Å². The molecule has 86 valence electrons. The molecule has 0 spiro atoms. The number of pyridine rings is 1. The lowest BCUT2D eigenvalue weighted by molar-refractivity contribution is 0.881. The van der Waals surface area contributed by atoms with Crippen LogP contribution in [0.15, 0.2) is 40.5 Å². The van der Waals surface area contributed by atoms with Crippen molar-refractivity contribution in [1.29, 1.82) is 0 Å². The van der Waals surface area contributed by atoms with Crippen LogP contribution in [0, 0.1) is 0 Å². The van der Waals surface area contributed by atoms with Crippen molar-refractivity contribution in [3.8, 4) is 0 Å². The predicted octanol–water partition coefficient (Wildman–Crippen LogP) is 4.53. The van der Waals surface area contributed by atoms with Gasteiger partial charge in [-0.3, -0.25) is 4.98 Å². The number of hydrogen-bond donors (Lipinski definition) is 1. The van der Waals surface area contributed by atoms with Gasteiger partial charge in [0.15, 0.2) is 0 Å². The largest absolute Gasteiger partial charge is 0.378 e. The van der Waals surface area contributed by atoms with E-state index in [4.69, 9.17) is 0 Å². The molecule has 0 saturated heterocycles. The highest BCUT2D eigenvalue weighted by Crippen LogP contribution is 2.25. The number of aromatic nitrogens is 1. The molecule has 3 heterocycles. The Kier molecular flexibility index (Phi) is 2.82. The maximum absolute atomic E-state index is 4.46. The fourth-order valence-corrected chi connectivity index (χ4v) is 3.16. The van der Waals surface area contributed by atoms with E-state index in [0.29, 0.717) is 0 Å². The number of hydrogen-bond acceptors (Lipinski definition) is 4. The summed E-state index contributed by atoms with van der Waals surface area (Å²) < 4.78 is 1.25. The Morgan fingerprint density at radius 1 is 1.29 bits per heavy atom. The van der Waals surface area contributed by atoms with Gasteiger partial charge in [0, 0.05) is 17.3 Å². The van der Waals surface area contributed by atoms with Gasteiger partial charge in [-0.2, -0.15) is 11.3 Å². The van der Waals surface area contributed by atoms with Crippen LogP contribution in [0.3, 0.4) is 0 Å². The van der Waals surface area contributed by atoms with Gasteiger partial charge in [-0.15, -0.1) is 11.3 Å². The van der Waals surface area contributed by atoms with Crippen LogP contribution in [0.2, 0.25) is 0 Å². The van der Waals surface area contributed by atoms with Crippen LogP contribution in [-0.2, 0) is 0 Å². The van der Waals surface area contributed by atoms with E-state index in [1.54, 1.807) is 22.7 Å². The number of rotatable bonds is 3. The minimum absolute atomic E-state index is 0.281. The maximum atomic E-state index is 4.46. The lowest BCUT2D eigenvalue weighted by Crippen LogP contribution is -2.05. The summed E-state index contributed by atoms with van der Waals surface area (Å²) in [7, 11) is 0. The first-order valence-electron chi connectivity index (χ1n) is 5.45. The molecular formula is C13H12N2S2. The van der Waals surface area contributed by atoms with E-state index in [1.807, 2.05) is 6.20 Å². The second kappa shape index (κ2) is 4.47. The van der Waals surface area contributed by atoms with E-state index in [9.17, 15) is 0 Å². The zero-order chi connectivity index (χ0) is 11.7. The summed E-state index contributed by atoms with van der Waals surface area (Å²) in [6.07, 6.45) is 1.96. The normalized spacial score (nSPS) is 12.8. The smallest absolute Gasteiger partial charge is 0.0809 e. The summed E-state index contributed by atoms with van der Waals surface area (Å²) in [6.45, 7) is 2.16. The van der Waals surface area contributed by atoms with Crippen molar-refractivity contribution in [3.05, 3.63) is 46.1 Å². The topological polar surface area (TPSA) is 24.9 Å². The standard InChI is InChI=1S/C13H12N2S2/c1-9(15-11-2-4-16-8-11)10-6-13-12(14-7-10)3-5-17-13/h2-9,15H,1H3. The number of nitrogens with one attached hydrogen (secondary N) is 1. The molecule has 3 aromatic heterocycles. The molecule has 3 rings (SSSR count). The Bertz CT molecular complexity index is 613. The highest BCUT2D eigenvalue weighted by atomic mass is 32.1. The molecule has 0 aliphatic carbocycles. The third-order valence-corrected chi connectivity index (χ3v) is 4.26. The van der Waals surface area contributed by atoms with Crippen LogP contribution in [0.1, 0.15) is 18.5 Å². The van der Waals surface area contributed by atoms with Crippen LogP contribution >= 0.6 is 22.7 Å². The molecule has 0 amide bonds. The minimum Gasteiger partial charge on any atom is -0.378 e. The van der Waals surface area contributed by atoms with Crippen LogP contribution < -0.4 is 5.32 Å². The minimum atomic E-state index is 0.281. The number of nitrogens with zero attached hydrogens (tertiary/aromatic N) is 1. The van der Waals surface area contributed by atoms with Gasteiger partial charge in [0.25, 0.3) is 0 Å². The van der Waals surface area contributed by atoms with Gasteiger partial charge in [0.1, 0.15) is 0 Å². The van der Waals surface area contributed by atoms with Gasteiger partial charge in [0.2, 0.25) is 0 Å². The molecule has 1 unspecified atom stereocenters. The van der Waals surface area contributed by atoms with Crippen LogP contribution in [0.4, 0.5) is 5.69 Å². The zero-order valence-corrected chi connectivity index (χ0v) is 11.0. The molecule has 0 radical (unpaired) electrons. The predicted molar refractivity (Wildman–Crippen MR) is 76.0 cm³/mol. The Labute approximate surface area is 108 Å². The summed E-state index contributed by atoms with van der Waals surface area (Å²) in [6, 6.07) is 6.65. The Morgan fingerprint density at radius 2 is 2.24 bits per heavy atom. The molecule has 3 aromatic rings. The summed E-state index contributed by atoms with van der Waals surface area (Å²) in [4.78, 5) is 4.46. The maximum Gasteiger partial charge on any atom is 0.0809 e. The van der Waals surface area contributed by atoms with Crippen LogP contribution in [-0.4, -0.2) is 4.98 Å². The first-order valence-corrected chi connectivity index (χ1v) is 7.27. The fourth-order valence-electron chi connectivity index (χ4n) is 1.78. The second-order valence-corrected chi connectivity index (χ2v) is 5.68. The van der Waals surface area contributed by atoms with Crippen molar-refractivity contribution in [1.82, 2.24) is 4.98 Å². The molecule has 0 aliphatic rings. The van der Waals surface area contributed by atoms with Gasteiger partial charge < -0.3 is 5.32 Å². The van der Waals surface area contributed by atoms with Crippen molar-refractivity contribution >= 4 is 38.6 Å². The number of fused-ring (bicyclic) bond motifs is 1. The van der Waals surface area contributed by atoms with Crippen molar-refractivity contribution in [2.75, 3.05) is 5.32 Å². The van der Waals surface area contributed by atoms with Crippen molar-refractivity contribution in [3.63, 3.8) is 0 Å². The molecule has 0 aromatic carbocycles. The van der Waals surface area contributed by atoms with E-state index in [1.165, 1.54) is 16.0 Å². The summed E-state index contributed by atoms with van der Waals surface area (Å²) in [5.41, 5.74) is 3.49. The molecule has 2 nitrogen and oxygen atoms in total. The van der Waals surface area contributed by atoms with Gasteiger partial charge >= 0.3 is 0 Å². The fraction of sp³-hybridized carbons (Fsp3) is 0.154. The average molecular weight is 260 g/mol. The van der Waals surface area contributed by atoms with Crippen LogP contribution in [0.5, 0.6) is 0 Å². The van der Waals surface area contributed by atoms with Gasteiger partial charge in [-0.25, -0.2) is 0 Å². The third kappa shape index (κ3) is 2.18. The molecule has 0 saturated carbocycles. The number of thiophene rings is 2. The van der Waals surface area contributed by atoms with Gasteiger partial charge in [0.05, 0.1) is 16.3 Å². The van der Waals surface area contributed by atoms with E-state index >= 15 is 0 Å².